The zero-order valence-electron chi connectivity index (χ0n) is 18.8. The summed E-state index contributed by atoms with van der Waals surface area (Å²) < 4.78 is 13.2. The van der Waals surface area contributed by atoms with E-state index in [0.29, 0.717) is 17.3 Å². The molecular weight excluding hydrogens is 390 g/mol. The number of aromatic nitrogens is 4. The Morgan fingerprint density at radius 1 is 0.968 bits per heavy atom. The van der Waals surface area contributed by atoms with Crippen LogP contribution < -0.4 is 14.8 Å². The number of aryl methyl sites for hydroxylation is 1. The quantitative estimate of drug-likeness (QED) is 0.405. The molecule has 166 valence electrons. The van der Waals surface area contributed by atoms with Crippen molar-refractivity contribution in [1.82, 2.24) is 25.5 Å². The highest BCUT2D eigenvalue weighted by atomic mass is 16.5. The largest absolute Gasteiger partial charge is 0.493 e. The van der Waals surface area contributed by atoms with Crippen LogP contribution in [-0.4, -0.2) is 33.9 Å². The fourth-order valence-corrected chi connectivity index (χ4v) is 3.35. The minimum atomic E-state index is 0.243. The lowest BCUT2D eigenvalue weighted by Gasteiger charge is -2.13. The summed E-state index contributed by atoms with van der Waals surface area (Å²) in [6.07, 6.45) is 6.44. The van der Waals surface area contributed by atoms with Crippen molar-refractivity contribution < 1.29 is 9.47 Å². The van der Waals surface area contributed by atoms with Crippen molar-refractivity contribution in [2.75, 3.05) is 13.7 Å². The maximum Gasteiger partial charge on any atom is 0.194 e. The summed E-state index contributed by atoms with van der Waals surface area (Å²) in [6.45, 7) is 6.38. The van der Waals surface area contributed by atoms with Gasteiger partial charge in [-0.25, -0.2) is 0 Å². The van der Waals surface area contributed by atoms with E-state index in [9.17, 15) is 0 Å². The predicted octanol–water partition coefficient (Wildman–Crippen LogP) is 4.62. The Hall–Kier alpha value is -2.93. The minimum absolute atomic E-state index is 0.243. The molecule has 0 saturated heterocycles. The summed E-state index contributed by atoms with van der Waals surface area (Å²) in [4.78, 5) is 0. The molecule has 0 unspecified atom stereocenters. The molecule has 3 rings (SSSR count). The molecule has 0 radical (unpaired) electrons. The second-order valence-corrected chi connectivity index (χ2v) is 7.71. The zero-order valence-corrected chi connectivity index (χ0v) is 18.8. The van der Waals surface area contributed by atoms with E-state index in [-0.39, 0.29) is 6.61 Å². The number of unbranched alkanes of at least 4 members (excludes halogenated alkanes) is 4. The van der Waals surface area contributed by atoms with Crippen LogP contribution in [-0.2, 0) is 13.2 Å². The van der Waals surface area contributed by atoms with E-state index >= 15 is 0 Å². The predicted molar refractivity (Wildman–Crippen MR) is 122 cm³/mol. The Labute approximate surface area is 184 Å². The van der Waals surface area contributed by atoms with Crippen LogP contribution in [0.4, 0.5) is 0 Å². The fraction of sp³-hybridized carbons (Fsp3) is 0.458. The summed E-state index contributed by atoms with van der Waals surface area (Å²) in [5.74, 6) is 2.00. The van der Waals surface area contributed by atoms with E-state index in [4.69, 9.17) is 9.47 Å². The first kappa shape index (κ1) is 22.7. The van der Waals surface area contributed by atoms with Crippen molar-refractivity contribution in [1.29, 1.82) is 0 Å². The number of hydrogen-bond acceptors (Lipinski definition) is 6. The van der Waals surface area contributed by atoms with Crippen molar-refractivity contribution in [3.05, 3.63) is 59.4 Å². The first-order valence-corrected chi connectivity index (χ1v) is 11.1. The van der Waals surface area contributed by atoms with Crippen LogP contribution in [0.3, 0.4) is 0 Å². The maximum absolute atomic E-state index is 5.99. The molecule has 31 heavy (non-hydrogen) atoms. The molecule has 0 bridgehead atoms. The number of hydrogen-bond donors (Lipinski definition) is 1. The van der Waals surface area contributed by atoms with Gasteiger partial charge in [0.15, 0.2) is 23.9 Å². The fourth-order valence-electron chi connectivity index (χ4n) is 3.35. The third kappa shape index (κ3) is 6.79. The summed E-state index contributed by atoms with van der Waals surface area (Å²) in [5.41, 5.74) is 3.25. The molecule has 7 nitrogen and oxygen atoms in total. The van der Waals surface area contributed by atoms with Gasteiger partial charge in [-0.05, 0) is 60.1 Å². The van der Waals surface area contributed by atoms with Crippen molar-refractivity contribution in [3.63, 3.8) is 0 Å². The highest BCUT2D eigenvalue weighted by Gasteiger charge is 2.12. The van der Waals surface area contributed by atoms with Crippen molar-refractivity contribution >= 4 is 0 Å². The maximum atomic E-state index is 5.99. The standard InChI is InChI=1S/C24H33N5O2/c1-4-5-6-7-8-15-25-17-20-11-14-22(23(16-20)30-3)31-18-24-26-27-28-29(24)21-12-9-19(2)10-13-21/h9-14,16,25H,4-8,15,17-18H2,1-3H3. The second kappa shape index (κ2) is 12.1. The van der Waals surface area contributed by atoms with Crippen LogP contribution >= 0.6 is 0 Å². The van der Waals surface area contributed by atoms with Gasteiger partial charge in [-0.2, -0.15) is 4.68 Å². The molecule has 0 aliphatic carbocycles. The van der Waals surface area contributed by atoms with Gasteiger partial charge in [0.25, 0.3) is 0 Å². The zero-order chi connectivity index (χ0) is 21.9. The average molecular weight is 424 g/mol. The third-order valence-corrected chi connectivity index (χ3v) is 5.18. The summed E-state index contributed by atoms with van der Waals surface area (Å²) in [5, 5.41) is 15.5. The third-order valence-electron chi connectivity index (χ3n) is 5.18. The highest BCUT2D eigenvalue weighted by Crippen LogP contribution is 2.29. The van der Waals surface area contributed by atoms with E-state index < -0.39 is 0 Å². The summed E-state index contributed by atoms with van der Waals surface area (Å²) >= 11 is 0. The van der Waals surface area contributed by atoms with Crippen LogP contribution in [0.15, 0.2) is 42.5 Å². The number of nitrogens with zero attached hydrogens (tertiary/aromatic N) is 4. The van der Waals surface area contributed by atoms with E-state index in [2.05, 4.69) is 33.8 Å². The molecule has 7 heteroatoms. The van der Waals surface area contributed by atoms with Crippen molar-refractivity contribution in [2.24, 2.45) is 0 Å². The molecule has 1 aromatic heterocycles. The van der Waals surface area contributed by atoms with E-state index in [1.807, 2.05) is 43.3 Å². The van der Waals surface area contributed by atoms with Crippen LogP contribution in [0, 0.1) is 6.92 Å². The Morgan fingerprint density at radius 3 is 2.55 bits per heavy atom. The van der Waals surface area contributed by atoms with Gasteiger partial charge in [-0.15, -0.1) is 5.10 Å². The first-order valence-electron chi connectivity index (χ1n) is 11.1. The monoisotopic (exact) mass is 423 g/mol. The topological polar surface area (TPSA) is 74.1 Å². The molecule has 0 amide bonds. The highest BCUT2D eigenvalue weighted by molar-refractivity contribution is 5.43. The Kier molecular flexibility index (Phi) is 8.84. The Bertz CT molecular complexity index is 924. The molecular formula is C24H33N5O2. The lowest BCUT2D eigenvalue weighted by molar-refractivity contribution is 0.273. The molecule has 1 heterocycles. The number of rotatable bonds is 13. The van der Waals surface area contributed by atoms with E-state index in [1.54, 1.807) is 11.8 Å². The van der Waals surface area contributed by atoms with Gasteiger partial charge < -0.3 is 14.8 Å². The van der Waals surface area contributed by atoms with Gasteiger partial charge in [-0.3, -0.25) is 0 Å². The Balaban J connectivity index is 1.54. The molecule has 3 aromatic rings. The summed E-state index contributed by atoms with van der Waals surface area (Å²) in [6, 6.07) is 14.1. The second-order valence-electron chi connectivity index (χ2n) is 7.71. The molecule has 0 aliphatic heterocycles. The molecule has 0 saturated carbocycles. The van der Waals surface area contributed by atoms with Crippen LogP contribution in [0.1, 0.15) is 56.0 Å². The SMILES string of the molecule is CCCCCCCNCc1ccc(OCc2nnnn2-c2ccc(C)cc2)c(OC)c1. The van der Waals surface area contributed by atoms with Gasteiger partial charge in [0.1, 0.15) is 0 Å². The van der Waals surface area contributed by atoms with Crippen LogP contribution in [0.5, 0.6) is 11.5 Å². The molecule has 1 N–H and O–H groups in total. The van der Waals surface area contributed by atoms with Crippen LogP contribution in [0.25, 0.3) is 5.69 Å². The smallest absolute Gasteiger partial charge is 0.194 e. The molecule has 0 atom stereocenters. The van der Waals surface area contributed by atoms with Gasteiger partial charge >= 0.3 is 0 Å². The minimum Gasteiger partial charge on any atom is -0.493 e. The summed E-state index contributed by atoms with van der Waals surface area (Å²) in [7, 11) is 1.66. The number of ether oxygens (including phenoxy) is 2. The van der Waals surface area contributed by atoms with Crippen LogP contribution in [0.2, 0.25) is 0 Å². The Morgan fingerprint density at radius 2 is 1.77 bits per heavy atom. The molecule has 0 aliphatic rings. The molecule has 0 spiro atoms. The van der Waals surface area contributed by atoms with Gasteiger partial charge in [0, 0.05) is 6.54 Å². The van der Waals surface area contributed by atoms with Crippen molar-refractivity contribution in [3.8, 4) is 17.2 Å². The average Bonchev–Trinajstić information content (AvgIpc) is 3.26. The van der Waals surface area contributed by atoms with E-state index in [0.717, 1.165) is 18.8 Å². The van der Waals surface area contributed by atoms with Gasteiger partial charge in [0.05, 0.1) is 12.8 Å². The normalized spacial score (nSPS) is 10.9. The lowest BCUT2D eigenvalue weighted by Crippen LogP contribution is -2.14. The lowest BCUT2D eigenvalue weighted by atomic mass is 10.1. The number of benzene rings is 2. The molecule has 2 aromatic carbocycles. The van der Waals surface area contributed by atoms with Crippen molar-refractivity contribution in [2.45, 2.75) is 59.1 Å². The van der Waals surface area contributed by atoms with Gasteiger partial charge in [-0.1, -0.05) is 56.4 Å². The molecule has 0 fully saturated rings. The number of nitrogens with one attached hydrogen (secondary N) is 1. The number of tetrazole rings is 1. The van der Waals surface area contributed by atoms with E-state index in [1.165, 1.54) is 43.2 Å². The number of methoxy groups -OCH3 is 1. The van der Waals surface area contributed by atoms with Gasteiger partial charge in [0.2, 0.25) is 0 Å². The first-order chi connectivity index (χ1) is 15.2.